The summed E-state index contributed by atoms with van der Waals surface area (Å²) < 4.78 is 0.963. The van der Waals surface area contributed by atoms with Gasteiger partial charge in [0.1, 0.15) is 0 Å². The van der Waals surface area contributed by atoms with Gasteiger partial charge in [-0.25, -0.2) is 0 Å². The molecule has 0 aliphatic carbocycles. The summed E-state index contributed by atoms with van der Waals surface area (Å²) in [5.41, 5.74) is 1.58. The summed E-state index contributed by atoms with van der Waals surface area (Å²) in [6.07, 6.45) is 0.356. The molecule has 0 spiro atoms. The molecule has 0 unspecified atom stereocenters. The molecule has 0 amide bonds. The molecule has 0 saturated carbocycles. The molecule has 2 rings (SSSR count). The lowest BCUT2D eigenvalue weighted by molar-refractivity contribution is 0.0990. The van der Waals surface area contributed by atoms with Crippen LogP contribution in [0.15, 0.2) is 22.7 Å². The van der Waals surface area contributed by atoms with Gasteiger partial charge in [-0.15, -0.1) is 0 Å². The minimum Gasteiger partial charge on any atom is -0.374 e. The van der Waals surface area contributed by atoms with Gasteiger partial charge in [0.15, 0.2) is 5.78 Å². The summed E-state index contributed by atoms with van der Waals surface area (Å²) in [6, 6.07) is 5.55. The van der Waals surface area contributed by atoms with Crippen molar-refractivity contribution in [2.75, 3.05) is 5.32 Å². The van der Waals surface area contributed by atoms with E-state index in [1.165, 1.54) is 0 Å². The standard InChI is InChI=1S/C9H6BrNO/c10-6-1-2-7-8(5-6)11-4-3-9(7)12/h1-2,5,11H,3H2. The molecule has 1 aliphatic rings. The first kappa shape index (κ1) is 7.80. The Morgan fingerprint density at radius 3 is 3.17 bits per heavy atom. The van der Waals surface area contributed by atoms with E-state index in [0.717, 1.165) is 15.7 Å². The summed E-state index contributed by atoms with van der Waals surface area (Å²) in [6.45, 7) is 2.80. The summed E-state index contributed by atoms with van der Waals surface area (Å²) in [7, 11) is 0. The fourth-order valence-corrected chi connectivity index (χ4v) is 1.54. The molecule has 1 aromatic carbocycles. The zero-order valence-corrected chi connectivity index (χ0v) is 7.81. The van der Waals surface area contributed by atoms with E-state index in [0.29, 0.717) is 6.42 Å². The van der Waals surface area contributed by atoms with Crippen LogP contribution in [0.25, 0.3) is 0 Å². The zero-order chi connectivity index (χ0) is 8.55. The minimum absolute atomic E-state index is 0.122. The van der Waals surface area contributed by atoms with Crippen LogP contribution in [0.2, 0.25) is 0 Å². The van der Waals surface area contributed by atoms with E-state index in [1.54, 1.807) is 0 Å². The van der Waals surface area contributed by atoms with Gasteiger partial charge in [-0.1, -0.05) is 15.9 Å². The number of rotatable bonds is 0. The number of Topliss-reactive ketones (excluding diaryl/α,β-unsaturated/α-hetero) is 1. The van der Waals surface area contributed by atoms with Crippen LogP contribution < -0.4 is 5.32 Å². The molecule has 2 radical (unpaired) electrons. The highest BCUT2D eigenvalue weighted by Crippen LogP contribution is 2.26. The van der Waals surface area contributed by atoms with E-state index in [4.69, 9.17) is 0 Å². The van der Waals surface area contributed by atoms with Crippen LogP contribution in [-0.4, -0.2) is 5.78 Å². The van der Waals surface area contributed by atoms with Crippen LogP contribution in [0.5, 0.6) is 0 Å². The van der Waals surface area contributed by atoms with E-state index >= 15 is 0 Å². The number of carbonyl (C=O) groups excluding carboxylic acids is 1. The van der Waals surface area contributed by atoms with Gasteiger partial charge in [0.2, 0.25) is 0 Å². The topological polar surface area (TPSA) is 29.1 Å². The second-order valence-corrected chi connectivity index (χ2v) is 3.51. The molecule has 0 aromatic heterocycles. The van der Waals surface area contributed by atoms with E-state index in [1.807, 2.05) is 18.2 Å². The van der Waals surface area contributed by atoms with Crippen LogP contribution in [0, 0.1) is 6.54 Å². The Morgan fingerprint density at radius 2 is 2.33 bits per heavy atom. The molecular weight excluding hydrogens is 218 g/mol. The Morgan fingerprint density at radius 1 is 1.50 bits per heavy atom. The van der Waals surface area contributed by atoms with Gasteiger partial charge in [-0.3, -0.25) is 4.79 Å². The van der Waals surface area contributed by atoms with Gasteiger partial charge >= 0.3 is 0 Å². The highest BCUT2D eigenvalue weighted by Gasteiger charge is 2.16. The van der Waals surface area contributed by atoms with Gasteiger partial charge in [0.25, 0.3) is 0 Å². The number of anilines is 1. The number of fused-ring (bicyclic) bond motifs is 1. The molecule has 0 saturated heterocycles. The Balaban J connectivity index is 2.53. The van der Waals surface area contributed by atoms with Gasteiger partial charge in [0.05, 0.1) is 6.54 Å². The lowest BCUT2D eigenvalue weighted by atomic mass is 10.0. The first-order valence-electron chi connectivity index (χ1n) is 3.59. The normalized spacial score (nSPS) is 15.2. The predicted octanol–water partition coefficient (Wildman–Crippen LogP) is 2.49. The highest BCUT2D eigenvalue weighted by molar-refractivity contribution is 9.10. The van der Waals surface area contributed by atoms with Gasteiger partial charge in [0, 0.05) is 22.1 Å². The molecule has 1 aromatic rings. The van der Waals surface area contributed by atoms with Crippen molar-refractivity contribution >= 4 is 27.4 Å². The second kappa shape index (κ2) is 2.90. The van der Waals surface area contributed by atoms with Crippen molar-refractivity contribution in [3.63, 3.8) is 0 Å². The van der Waals surface area contributed by atoms with Crippen LogP contribution in [0.3, 0.4) is 0 Å². The number of nitrogens with one attached hydrogen (secondary N) is 1. The number of benzene rings is 1. The molecule has 0 bridgehead atoms. The Bertz CT molecular complexity index is 335. The predicted molar refractivity (Wildman–Crippen MR) is 50.0 cm³/mol. The number of hydrogen-bond acceptors (Lipinski definition) is 2. The highest BCUT2D eigenvalue weighted by atomic mass is 79.9. The summed E-state index contributed by atoms with van der Waals surface area (Å²) in [4.78, 5) is 11.3. The third-order valence-corrected chi connectivity index (χ3v) is 2.25. The maximum absolute atomic E-state index is 11.3. The van der Waals surface area contributed by atoms with Gasteiger partial charge in [-0.05, 0) is 18.2 Å². The first-order chi connectivity index (χ1) is 5.77. The monoisotopic (exact) mass is 223 g/mol. The number of halogens is 1. The van der Waals surface area contributed by atoms with Crippen molar-refractivity contribution in [3.05, 3.63) is 34.8 Å². The second-order valence-electron chi connectivity index (χ2n) is 2.59. The first-order valence-corrected chi connectivity index (χ1v) is 4.38. The average molecular weight is 224 g/mol. The van der Waals surface area contributed by atoms with Crippen molar-refractivity contribution in [2.24, 2.45) is 0 Å². The van der Waals surface area contributed by atoms with E-state index in [9.17, 15) is 4.79 Å². The van der Waals surface area contributed by atoms with E-state index < -0.39 is 0 Å². The molecule has 60 valence electrons. The lowest BCUT2D eigenvalue weighted by Gasteiger charge is -2.15. The molecule has 3 heteroatoms. The van der Waals surface area contributed by atoms with Crippen molar-refractivity contribution in [1.82, 2.24) is 0 Å². The molecule has 0 fully saturated rings. The molecule has 1 N–H and O–H groups in total. The molecule has 1 heterocycles. The van der Waals surface area contributed by atoms with Crippen molar-refractivity contribution < 1.29 is 4.79 Å². The van der Waals surface area contributed by atoms with E-state index in [-0.39, 0.29) is 5.78 Å². The van der Waals surface area contributed by atoms with E-state index in [2.05, 4.69) is 27.8 Å². The quantitative estimate of drug-likeness (QED) is 0.733. The van der Waals surface area contributed by atoms with Crippen molar-refractivity contribution in [3.8, 4) is 0 Å². The zero-order valence-electron chi connectivity index (χ0n) is 6.23. The molecule has 12 heavy (non-hydrogen) atoms. The molecular formula is C9H6BrNO. The molecule has 0 atom stereocenters. The maximum atomic E-state index is 11.3. The fourth-order valence-electron chi connectivity index (χ4n) is 1.18. The minimum atomic E-state index is 0.122. The molecule has 1 aliphatic heterocycles. The number of carbonyl (C=O) groups is 1. The summed E-state index contributed by atoms with van der Waals surface area (Å²) in [5, 5.41) is 2.93. The van der Waals surface area contributed by atoms with Gasteiger partial charge < -0.3 is 5.32 Å². The maximum Gasteiger partial charge on any atom is 0.167 e. The average Bonchev–Trinajstić information content (AvgIpc) is 2.04. The smallest absolute Gasteiger partial charge is 0.167 e. The Labute approximate surface area is 79.1 Å². The van der Waals surface area contributed by atoms with Crippen LogP contribution in [0.1, 0.15) is 16.8 Å². The third-order valence-electron chi connectivity index (χ3n) is 1.75. The van der Waals surface area contributed by atoms with Crippen LogP contribution in [-0.2, 0) is 0 Å². The largest absolute Gasteiger partial charge is 0.374 e. The van der Waals surface area contributed by atoms with Crippen LogP contribution in [0.4, 0.5) is 5.69 Å². The molecule has 2 nitrogen and oxygen atoms in total. The SMILES string of the molecule is O=C1C[C]Nc2cc(Br)ccc21. The summed E-state index contributed by atoms with van der Waals surface area (Å²) >= 11 is 3.33. The fraction of sp³-hybridized carbons (Fsp3) is 0.111. The number of ketones is 1. The lowest BCUT2D eigenvalue weighted by Crippen LogP contribution is -2.13. The summed E-state index contributed by atoms with van der Waals surface area (Å²) in [5.74, 6) is 0.122. The number of hydrogen-bond donors (Lipinski definition) is 1. The van der Waals surface area contributed by atoms with Crippen molar-refractivity contribution in [1.29, 1.82) is 0 Å². The third kappa shape index (κ3) is 1.25. The Kier molecular flexibility index (Phi) is 1.89. The Hall–Kier alpha value is -0.830. The van der Waals surface area contributed by atoms with Gasteiger partial charge in [-0.2, -0.15) is 0 Å². The van der Waals surface area contributed by atoms with Crippen molar-refractivity contribution in [2.45, 2.75) is 6.42 Å². The van der Waals surface area contributed by atoms with Crippen LogP contribution >= 0.6 is 15.9 Å².